The van der Waals surface area contributed by atoms with E-state index in [1.165, 1.54) is 6.07 Å². The van der Waals surface area contributed by atoms with Crippen LogP contribution in [0, 0.1) is 5.82 Å². The number of hydrogen-bond donors (Lipinski definition) is 0. The first-order chi connectivity index (χ1) is 11.2. The van der Waals surface area contributed by atoms with Crippen molar-refractivity contribution in [2.75, 3.05) is 6.61 Å². The van der Waals surface area contributed by atoms with Crippen LogP contribution < -0.4 is 8.92 Å². The van der Waals surface area contributed by atoms with E-state index in [9.17, 15) is 9.18 Å². The molecule has 0 saturated carbocycles. The van der Waals surface area contributed by atoms with Crippen molar-refractivity contribution in [3.05, 3.63) is 72.0 Å². The summed E-state index contributed by atoms with van der Waals surface area (Å²) in [5, 5.41) is 1.59. The van der Waals surface area contributed by atoms with Crippen LogP contribution in [-0.4, -0.2) is 27.5 Å². The monoisotopic (exact) mass is 374 g/mol. The van der Waals surface area contributed by atoms with Crippen LogP contribution in [0.5, 0.6) is 0 Å². The fraction of sp³-hybridized carbons (Fsp3) is 0.105. The van der Waals surface area contributed by atoms with Crippen LogP contribution in [0.1, 0.15) is 17.3 Å². The average molecular weight is 373 g/mol. The molecule has 0 amide bonds. The van der Waals surface area contributed by atoms with E-state index in [1.807, 2.05) is 36.4 Å². The van der Waals surface area contributed by atoms with E-state index in [0.29, 0.717) is 17.6 Å². The van der Waals surface area contributed by atoms with Crippen LogP contribution in [0.3, 0.4) is 0 Å². The normalized spacial score (nSPS) is 10.7. The Labute approximate surface area is 140 Å². The van der Waals surface area contributed by atoms with E-state index < -0.39 is 0 Å². The third-order valence-electron chi connectivity index (χ3n) is 3.41. The van der Waals surface area contributed by atoms with E-state index >= 15 is 0 Å². The van der Waals surface area contributed by atoms with Gasteiger partial charge in [0.2, 0.25) is 0 Å². The van der Waals surface area contributed by atoms with Gasteiger partial charge in [-0.2, -0.15) is 0 Å². The van der Waals surface area contributed by atoms with Crippen molar-refractivity contribution in [2.24, 2.45) is 0 Å². The van der Waals surface area contributed by atoms with Crippen LogP contribution in [0.15, 0.2) is 60.7 Å². The zero-order valence-electron chi connectivity index (χ0n) is 12.6. The van der Waals surface area contributed by atoms with Crippen molar-refractivity contribution < 1.29 is 13.9 Å². The summed E-state index contributed by atoms with van der Waals surface area (Å²) in [6.45, 7) is 2.14. The van der Waals surface area contributed by atoms with Gasteiger partial charge in [-0.1, -0.05) is 0 Å². The molecule has 4 heteroatoms. The predicted molar refractivity (Wildman–Crippen MR) is 91.3 cm³/mol. The first-order valence-corrected chi connectivity index (χ1v) is 9.02. The number of esters is 1. The Balaban J connectivity index is 1.89. The zero-order chi connectivity index (χ0) is 16.2. The second-order valence-electron chi connectivity index (χ2n) is 4.94. The maximum absolute atomic E-state index is 14.2. The predicted octanol–water partition coefficient (Wildman–Crippen LogP) is 2.81. The van der Waals surface area contributed by atoms with Gasteiger partial charge in [0, 0.05) is 0 Å². The van der Waals surface area contributed by atoms with Gasteiger partial charge in [-0.3, -0.25) is 0 Å². The number of rotatable bonds is 4. The van der Waals surface area contributed by atoms with Gasteiger partial charge < -0.3 is 0 Å². The summed E-state index contributed by atoms with van der Waals surface area (Å²) in [7, 11) is 0. The number of carbonyl (C=O) groups is 1. The first-order valence-electron chi connectivity index (χ1n) is 7.31. The van der Waals surface area contributed by atoms with Gasteiger partial charge in [0.05, 0.1) is 0 Å². The minimum absolute atomic E-state index is 0.0328. The summed E-state index contributed by atoms with van der Waals surface area (Å²) in [6, 6.07) is 18.3. The molecule has 0 fully saturated rings. The third-order valence-corrected chi connectivity index (χ3v) is 5.65. The number of benzene rings is 3. The molecule has 23 heavy (non-hydrogen) atoms. The van der Waals surface area contributed by atoms with Crippen molar-refractivity contribution in [2.45, 2.75) is 6.92 Å². The molecule has 116 valence electrons. The molecular formula is C19H15FO2Se. The van der Waals surface area contributed by atoms with Gasteiger partial charge >= 0.3 is 140 Å². The van der Waals surface area contributed by atoms with Crippen LogP contribution in [0.4, 0.5) is 4.39 Å². The molecule has 0 aliphatic carbocycles. The van der Waals surface area contributed by atoms with Gasteiger partial charge in [0.15, 0.2) is 0 Å². The second kappa shape index (κ2) is 6.95. The molecular weight excluding hydrogens is 358 g/mol. The van der Waals surface area contributed by atoms with Crippen molar-refractivity contribution in [1.29, 1.82) is 0 Å². The van der Waals surface area contributed by atoms with Crippen LogP contribution >= 0.6 is 0 Å². The molecule has 3 rings (SSSR count). The molecule has 0 radical (unpaired) electrons. The van der Waals surface area contributed by atoms with Crippen LogP contribution in [0.25, 0.3) is 10.8 Å². The summed E-state index contributed by atoms with van der Waals surface area (Å²) in [4.78, 5) is 11.7. The molecule has 0 N–H and O–H groups in total. The number of carbonyl (C=O) groups excluding carboxylic acids is 1. The maximum atomic E-state index is 14.2. The Morgan fingerprint density at radius 2 is 1.74 bits per heavy atom. The molecule has 0 aliphatic heterocycles. The van der Waals surface area contributed by atoms with Crippen LogP contribution in [0.2, 0.25) is 0 Å². The standard InChI is InChI=1S/C19H15FO2Se/c1-2-22-19(21)14-9-11-15(12-10-14)23-17-8-4-6-13-5-3-7-16(20)18(13)17/h3-12H,2H2,1H3. The molecule has 0 unspecified atom stereocenters. The molecule has 0 aromatic heterocycles. The molecule has 3 aromatic carbocycles. The van der Waals surface area contributed by atoms with Gasteiger partial charge in [-0.15, -0.1) is 0 Å². The Morgan fingerprint density at radius 3 is 2.43 bits per heavy atom. The molecule has 0 bridgehead atoms. The third kappa shape index (κ3) is 3.44. The van der Waals surface area contributed by atoms with Crippen molar-refractivity contribution in [3.63, 3.8) is 0 Å². The van der Waals surface area contributed by atoms with Crippen molar-refractivity contribution in [3.8, 4) is 0 Å². The Bertz CT molecular complexity index is 838. The minimum atomic E-state index is -0.317. The summed E-state index contributed by atoms with van der Waals surface area (Å²) < 4.78 is 21.2. The second-order valence-corrected chi connectivity index (χ2v) is 7.28. The quantitative estimate of drug-likeness (QED) is 0.519. The van der Waals surface area contributed by atoms with E-state index in [-0.39, 0.29) is 26.7 Å². The molecule has 0 spiro atoms. The summed E-state index contributed by atoms with van der Waals surface area (Å²) in [5.41, 5.74) is 0.538. The summed E-state index contributed by atoms with van der Waals surface area (Å²) >= 11 is -0.0328. The average Bonchev–Trinajstić information content (AvgIpc) is 2.56. The molecule has 0 saturated heterocycles. The number of fused-ring (bicyclic) bond motifs is 1. The Morgan fingerprint density at radius 1 is 1.04 bits per heavy atom. The van der Waals surface area contributed by atoms with E-state index in [2.05, 4.69) is 0 Å². The van der Waals surface area contributed by atoms with E-state index in [4.69, 9.17) is 4.74 Å². The fourth-order valence-corrected chi connectivity index (χ4v) is 4.43. The van der Waals surface area contributed by atoms with E-state index in [1.54, 1.807) is 25.1 Å². The van der Waals surface area contributed by atoms with Gasteiger partial charge in [-0.25, -0.2) is 0 Å². The Hall–Kier alpha value is -2.16. The Kier molecular flexibility index (Phi) is 4.75. The number of ether oxygens (including phenoxy) is 1. The first kappa shape index (κ1) is 15.7. The van der Waals surface area contributed by atoms with Crippen molar-refractivity contribution >= 4 is 40.6 Å². The summed E-state index contributed by atoms with van der Waals surface area (Å²) in [6.07, 6.45) is 0. The molecule has 2 nitrogen and oxygen atoms in total. The number of hydrogen-bond acceptors (Lipinski definition) is 2. The van der Waals surface area contributed by atoms with Gasteiger partial charge in [-0.05, 0) is 0 Å². The van der Waals surface area contributed by atoms with Gasteiger partial charge in [0.25, 0.3) is 0 Å². The molecule has 0 heterocycles. The van der Waals surface area contributed by atoms with Gasteiger partial charge in [0.1, 0.15) is 0 Å². The van der Waals surface area contributed by atoms with E-state index in [0.717, 1.165) is 14.3 Å². The van der Waals surface area contributed by atoms with Crippen LogP contribution in [-0.2, 0) is 4.74 Å². The SMILES string of the molecule is CCOC(=O)c1ccc([Se]c2cccc3cccc(F)c23)cc1. The topological polar surface area (TPSA) is 26.3 Å². The fourth-order valence-electron chi connectivity index (χ4n) is 2.35. The zero-order valence-corrected chi connectivity index (χ0v) is 14.3. The molecule has 3 aromatic rings. The molecule has 0 atom stereocenters. The van der Waals surface area contributed by atoms with Crippen molar-refractivity contribution in [1.82, 2.24) is 0 Å². The summed E-state index contributed by atoms with van der Waals surface area (Å²) in [5.74, 6) is -0.508. The number of halogens is 1. The molecule has 0 aliphatic rings.